The van der Waals surface area contributed by atoms with Crippen LogP contribution in [0.2, 0.25) is 0 Å². The maximum absolute atomic E-state index is 4.54. The van der Waals surface area contributed by atoms with Crippen LogP contribution in [0.15, 0.2) is 11.2 Å². The number of nitrogens with one attached hydrogen (secondary N) is 2. The molecule has 5 heteroatoms. The highest BCUT2D eigenvalue weighted by molar-refractivity contribution is 5.79. The van der Waals surface area contributed by atoms with Crippen molar-refractivity contribution in [2.75, 3.05) is 13.1 Å². The summed E-state index contributed by atoms with van der Waals surface area (Å²) < 4.78 is 1.85. The van der Waals surface area contributed by atoms with E-state index in [0.717, 1.165) is 31.2 Å². The molecule has 0 fully saturated rings. The minimum atomic E-state index is 0.673. The van der Waals surface area contributed by atoms with Crippen molar-refractivity contribution in [3.05, 3.63) is 17.5 Å². The maximum atomic E-state index is 4.54. The summed E-state index contributed by atoms with van der Waals surface area (Å²) in [6.45, 7) is 8.67. The molecule has 0 aliphatic rings. The van der Waals surface area contributed by atoms with E-state index in [1.165, 1.54) is 5.56 Å². The van der Waals surface area contributed by atoms with Crippen LogP contribution in [0.25, 0.3) is 0 Å². The highest BCUT2D eigenvalue weighted by atomic mass is 15.3. The first kappa shape index (κ1) is 13.5. The summed E-state index contributed by atoms with van der Waals surface area (Å²) in [5.74, 6) is 0.862. The minimum absolute atomic E-state index is 0.673. The SMILES string of the molecule is CCNC(=NCc1cn(C)nc1CC)NCC. The van der Waals surface area contributed by atoms with Gasteiger partial charge >= 0.3 is 0 Å². The van der Waals surface area contributed by atoms with E-state index in [4.69, 9.17) is 0 Å². The smallest absolute Gasteiger partial charge is 0.191 e. The van der Waals surface area contributed by atoms with Gasteiger partial charge in [0.1, 0.15) is 0 Å². The highest BCUT2D eigenvalue weighted by Gasteiger charge is 2.05. The first-order chi connectivity index (χ1) is 8.21. The van der Waals surface area contributed by atoms with Crippen LogP contribution in [-0.4, -0.2) is 28.8 Å². The molecule has 0 atom stereocenters. The van der Waals surface area contributed by atoms with Crippen LogP contribution in [-0.2, 0) is 20.0 Å². The third-order valence-electron chi connectivity index (χ3n) is 2.42. The molecule has 1 aromatic rings. The third kappa shape index (κ3) is 4.09. The predicted molar refractivity (Wildman–Crippen MR) is 71.1 cm³/mol. The van der Waals surface area contributed by atoms with Crippen LogP contribution in [0.1, 0.15) is 32.0 Å². The number of guanidine groups is 1. The van der Waals surface area contributed by atoms with Gasteiger partial charge in [-0.2, -0.15) is 5.10 Å². The van der Waals surface area contributed by atoms with Gasteiger partial charge in [-0.1, -0.05) is 6.92 Å². The largest absolute Gasteiger partial charge is 0.357 e. The second-order valence-electron chi connectivity index (χ2n) is 3.85. The van der Waals surface area contributed by atoms with Gasteiger partial charge in [0.2, 0.25) is 0 Å². The lowest BCUT2D eigenvalue weighted by Crippen LogP contribution is -2.36. The molecule has 0 aliphatic heterocycles. The average molecular weight is 237 g/mol. The molecular weight excluding hydrogens is 214 g/mol. The standard InChI is InChI=1S/C12H23N5/c1-5-11-10(9-17(4)16-11)8-15-12(13-6-2)14-7-3/h9H,5-8H2,1-4H3,(H2,13,14,15). The zero-order valence-corrected chi connectivity index (χ0v) is 11.2. The van der Waals surface area contributed by atoms with Gasteiger partial charge in [-0.15, -0.1) is 0 Å². The van der Waals surface area contributed by atoms with Crippen LogP contribution in [0.4, 0.5) is 0 Å². The normalized spacial score (nSPS) is 10.1. The fourth-order valence-corrected chi connectivity index (χ4v) is 1.69. The van der Waals surface area contributed by atoms with Crippen molar-refractivity contribution in [3.63, 3.8) is 0 Å². The number of hydrogen-bond donors (Lipinski definition) is 2. The Bertz CT molecular complexity index is 359. The lowest BCUT2D eigenvalue weighted by Gasteiger charge is -2.08. The number of nitrogens with zero attached hydrogens (tertiary/aromatic N) is 3. The molecule has 0 spiro atoms. The van der Waals surface area contributed by atoms with Crippen LogP contribution in [0.5, 0.6) is 0 Å². The number of hydrogen-bond acceptors (Lipinski definition) is 2. The van der Waals surface area contributed by atoms with Gasteiger partial charge in [-0.3, -0.25) is 4.68 Å². The Labute approximate surface area is 103 Å². The quantitative estimate of drug-likeness (QED) is 0.595. The Morgan fingerprint density at radius 3 is 2.47 bits per heavy atom. The van der Waals surface area contributed by atoms with Crippen molar-refractivity contribution in [1.29, 1.82) is 0 Å². The summed E-state index contributed by atoms with van der Waals surface area (Å²) in [5, 5.41) is 10.8. The molecule has 0 radical (unpaired) electrons. The molecule has 5 nitrogen and oxygen atoms in total. The van der Waals surface area contributed by atoms with E-state index in [0.29, 0.717) is 6.54 Å². The molecule has 0 unspecified atom stereocenters. The molecule has 0 saturated carbocycles. The molecule has 0 aromatic carbocycles. The Morgan fingerprint density at radius 1 is 1.29 bits per heavy atom. The minimum Gasteiger partial charge on any atom is -0.357 e. The van der Waals surface area contributed by atoms with Gasteiger partial charge in [-0.25, -0.2) is 4.99 Å². The molecule has 0 aliphatic carbocycles. The average Bonchev–Trinajstić information content (AvgIpc) is 2.67. The summed E-state index contributed by atoms with van der Waals surface area (Å²) in [5.41, 5.74) is 2.33. The van der Waals surface area contributed by atoms with Crippen molar-refractivity contribution in [2.45, 2.75) is 33.7 Å². The Morgan fingerprint density at radius 2 is 1.94 bits per heavy atom. The van der Waals surface area contributed by atoms with Gasteiger partial charge in [0.25, 0.3) is 0 Å². The summed E-state index contributed by atoms with van der Waals surface area (Å²) in [7, 11) is 1.95. The van der Waals surface area contributed by atoms with Crippen molar-refractivity contribution in [1.82, 2.24) is 20.4 Å². The van der Waals surface area contributed by atoms with E-state index in [-0.39, 0.29) is 0 Å². The summed E-state index contributed by atoms with van der Waals surface area (Å²) in [6.07, 6.45) is 2.99. The zero-order chi connectivity index (χ0) is 12.7. The maximum Gasteiger partial charge on any atom is 0.191 e. The van der Waals surface area contributed by atoms with Crippen molar-refractivity contribution in [2.24, 2.45) is 12.0 Å². The van der Waals surface area contributed by atoms with E-state index in [2.05, 4.69) is 41.5 Å². The first-order valence-corrected chi connectivity index (χ1v) is 6.24. The second kappa shape index (κ2) is 6.93. The fourth-order valence-electron chi connectivity index (χ4n) is 1.69. The highest BCUT2D eigenvalue weighted by Crippen LogP contribution is 2.08. The molecule has 2 N–H and O–H groups in total. The van der Waals surface area contributed by atoms with Gasteiger partial charge < -0.3 is 10.6 Å². The van der Waals surface area contributed by atoms with E-state index in [1.54, 1.807) is 0 Å². The summed E-state index contributed by atoms with van der Waals surface area (Å²) in [6, 6.07) is 0. The topological polar surface area (TPSA) is 54.2 Å². The predicted octanol–water partition coefficient (Wildman–Crippen LogP) is 1.06. The molecule has 0 amide bonds. The van der Waals surface area contributed by atoms with Crippen molar-refractivity contribution < 1.29 is 0 Å². The van der Waals surface area contributed by atoms with Crippen molar-refractivity contribution >= 4 is 5.96 Å². The monoisotopic (exact) mass is 237 g/mol. The molecule has 0 bridgehead atoms. The zero-order valence-electron chi connectivity index (χ0n) is 11.2. The number of aliphatic imine (C=N–C) groups is 1. The summed E-state index contributed by atoms with van der Waals surface area (Å²) in [4.78, 5) is 4.54. The number of rotatable bonds is 5. The van der Waals surface area contributed by atoms with Crippen LogP contribution < -0.4 is 10.6 Å². The van der Waals surface area contributed by atoms with E-state index in [1.807, 2.05) is 17.9 Å². The first-order valence-electron chi connectivity index (χ1n) is 6.24. The van der Waals surface area contributed by atoms with Gasteiger partial charge in [-0.05, 0) is 20.3 Å². The number of aryl methyl sites for hydroxylation is 2. The van der Waals surface area contributed by atoms with E-state index >= 15 is 0 Å². The third-order valence-corrected chi connectivity index (χ3v) is 2.42. The molecule has 0 saturated heterocycles. The number of aromatic nitrogens is 2. The van der Waals surface area contributed by atoms with Gasteiger partial charge in [0.05, 0.1) is 12.2 Å². The van der Waals surface area contributed by atoms with Gasteiger partial charge in [0.15, 0.2) is 5.96 Å². The van der Waals surface area contributed by atoms with E-state index < -0.39 is 0 Å². The van der Waals surface area contributed by atoms with Crippen LogP contribution >= 0.6 is 0 Å². The van der Waals surface area contributed by atoms with Gasteiger partial charge in [0, 0.05) is 31.9 Å². The Hall–Kier alpha value is -1.52. The lowest BCUT2D eigenvalue weighted by molar-refractivity contribution is 0.746. The van der Waals surface area contributed by atoms with Crippen LogP contribution in [0.3, 0.4) is 0 Å². The Balaban J connectivity index is 2.71. The summed E-state index contributed by atoms with van der Waals surface area (Å²) >= 11 is 0. The molecule has 1 heterocycles. The van der Waals surface area contributed by atoms with Crippen LogP contribution in [0, 0.1) is 0 Å². The molecular formula is C12H23N5. The molecule has 1 aromatic heterocycles. The van der Waals surface area contributed by atoms with Crippen molar-refractivity contribution in [3.8, 4) is 0 Å². The molecule has 96 valence electrons. The Kier molecular flexibility index (Phi) is 5.52. The molecule has 1 rings (SSSR count). The van der Waals surface area contributed by atoms with E-state index in [9.17, 15) is 0 Å². The second-order valence-corrected chi connectivity index (χ2v) is 3.85. The molecule has 17 heavy (non-hydrogen) atoms. The lowest BCUT2D eigenvalue weighted by atomic mass is 10.2. The fraction of sp³-hybridized carbons (Fsp3) is 0.667.